The van der Waals surface area contributed by atoms with E-state index in [1.807, 2.05) is 0 Å². The lowest BCUT2D eigenvalue weighted by Crippen LogP contribution is -2.15. The van der Waals surface area contributed by atoms with Gasteiger partial charge in [0.1, 0.15) is 0 Å². The molecule has 2 N–H and O–H groups in total. The minimum Gasteiger partial charge on any atom is -0.368 e. The highest BCUT2D eigenvalue weighted by Gasteiger charge is 2.22. The van der Waals surface area contributed by atoms with Gasteiger partial charge in [-0.2, -0.15) is 0 Å². The average Bonchev–Trinajstić information content (AvgIpc) is 2.76. The summed E-state index contributed by atoms with van der Waals surface area (Å²) in [6, 6.07) is 15.1. The molecule has 19 heavy (non-hydrogen) atoms. The molecule has 0 atom stereocenters. The van der Waals surface area contributed by atoms with Crippen molar-refractivity contribution in [2.75, 3.05) is 5.73 Å². The molecular weight excluding hydrogens is 262 g/mol. The van der Waals surface area contributed by atoms with Crippen LogP contribution in [0.5, 0.6) is 0 Å². The molecule has 3 rings (SSSR count). The van der Waals surface area contributed by atoms with Gasteiger partial charge >= 0.3 is 0 Å². The van der Waals surface area contributed by atoms with Gasteiger partial charge in [-0.05, 0) is 24.3 Å². The van der Waals surface area contributed by atoms with E-state index in [0.29, 0.717) is 11.0 Å². The topological polar surface area (TPSA) is 78.0 Å². The molecule has 0 radical (unpaired) electrons. The third-order valence-electron chi connectivity index (χ3n) is 2.83. The fraction of sp³-hybridized carbons (Fsp3) is 0. The highest BCUT2D eigenvalue weighted by atomic mass is 32.2. The van der Waals surface area contributed by atoms with Crippen LogP contribution in [0.3, 0.4) is 0 Å². The third-order valence-corrected chi connectivity index (χ3v) is 4.56. The van der Waals surface area contributed by atoms with E-state index in [9.17, 15) is 8.42 Å². The first-order valence-corrected chi connectivity index (χ1v) is 7.08. The second-order valence-corrected chi connectivity index (χ2v) is 5.83. The Morgan fingerprint density at radius 2 is 1.58 bits per heavy atom. The van der Waals surface area contributed by atoms with Crippen molar-refractivity contribution >= 4 is 27.0 Å². The first-order valence-electron chi connectivity index (χ1n) is 5.64. The molecular formula is C13H11N3O2S. The molecule has 0 saturated heterocycles. The Labute approximate surface area is 110 Å². The zero-order valence-corrected chi connectivity index (χ0v) is 10.7. The fourth-order valence-corrected chi connectivity index (χ4v) is 3.39. The van der Waals surface area contributed by atoms with Gasteiger partial charge in [0, 0.05) is 0 Å². The van der Waals surface area contributed by atoms with Crippen LogP contribution in [0.4, 0.5) is 5.95 Å². The summed E-state index contributed by atoms with van der Waals surface area (Å²) in [5, 5.41) is 0. The van der Waals surface area contributed by atoms with Crippen LogP contribution in [0.1, 0.15) is 0 Å². The van der Waals surface area contributed by atoms with E-state index in [4.69, 9.17) is 5.73 Å². The number of nitrogen functional groups attached to an aromatic ring is 1. The predicted molar refractivity (Wildman–Crippen MR) is 73.2 cm³/mol. The van der Waals surface area contributed by atoms with Crippen molar-refractivity contribution in [2.45, 2.75) is 4.90 Å². The molecule has 0 aliphatic heterocycles. The lowest BCUT2D eigenvalue weighted by molar-refractivity contribution is 0.589. The highest BCUT2D eigenvalue weighted by Crippen LogP contribution is 2.23. The van der Waals surface area contributed by atoms with Crippen LogP contribution in [-0.2, 0) is 10.0 Å². The second kappa shape index (κ2) is 4.10. The van der Waals surface area contributed by atoms with Crippen LogP contribution >= 0.6 is 0 Å². The van der Waals surface area contributed by atoms with Gasteiger partial charge in [-0.15, -0.1) is 0 Å². The quantitative estimate of drug-likeness (QED) is 0.773. The number of para-hydroxylation sites is 2. The maximum Gasteiger partial charge on any atom is 0.271 e. The van der Waals surface area contributed by atoms with Crippen molar-refractivity contribution in [2.24, 2.45) is 0 Å². The lowest BCUT2D eigenvalue weighted by atomic mass is 10.3. The fourth-order valence-electron chi connectivity index (χ4n) is 1.97. The number of hydrogen-bond donors (Lipinski definition) is 1. The predicted octanol–water partition coefficient (Wildman–Crippen LogP) is 1.86. The van der Waals surface area contributed by atoms with Crippen LogP contribution in [0, 0.1) is 0 Å². The van der Waals surface area contributed by atoms with Crippen molar-refractivity contribution in [1.82, 2.24) is 8.96 Å². The molecule has 0 aliphatic carbocycles. The van der Waals surface area contributed by atoms with Crippen LogP contribution in [0.15, 0.2) is 59.5 Å². The van der Waals surface area contributed by atoms with Gasteiger partial charge in [0.05, 0.1) is 15.9 Å². The summed E-state index contributed by atoms with van der Waals surface area (Å²) >= 11 is 0. The molecule has 6 heteroatoms. The Kier molecular flexibility index (Phi) is 2.53. The summed E-state index contributed by atoms with van der Waals surface area (Å²) in [6.45, 7) is 0. The van der Waals surface area contributed by atoms with Crippen molar-refractivity contribution in [3.63, 3.8) is 0 Å². The van der Waals surface area contributed by atoms with E-state index in [1.54, 1.807) is 42.5 Å². The number of nitrogens with two attached hydrogens (primary N) is 1. The van der Waals surface area contributed by atoms with E-state index in [0.717, 1.165) is 3.97 Å². The van der Waals surface area contributed by atoms with Crippen molar-refractivity contribution in [3.05, 3.63) is 54.6 Å². The molecule has 0 bridgehead atoms. The summed E-state index contributed by atoms with van der Waals surface area (Å²) < 4.78 is 26.2. The second-order valence-electron chi connectivity index (χ2n) is 4.04. The molecule has 2 aromatic carbocycles. The standard InChI is InChI=1S/C13H11N3O2S/c14-13-15-11-8-4-5-9-12(11)16(13)19(17,18)10-6-2-1-3-7-10/h1-9H,(H2,14,15). The summed E-state index contributed by atoms with van der Waals surface area (Å²) in [4.78, 5) is 4.25. The van der Waals surface area contributed by atoms with Gasteiger partial charge in [-0.25, -0.2) is 17.4 Å². The smallest absolute Gasteiger partial charge is 0.271 e. The lowest BCUT2D eigenvalue weighted by Gasteiger charge is -2.07. The molecule has 0 saturated carbocycles. The number of aromatic nitrogens is 2. The summed E-state index contributed by atoms with van der Waals surface area (Å²) in [5.74, 6) is -0.0370. The van der Waals surface area contributed by atoms with E-state index in [2.05, 4.69) is 4.98 Å². The number of nitrogens with zero attached hydrogens (tertiary/aromatic N) is 2. The molecule has 1 heterocycles. The molecule has 1 aromatic heterocycles. The number of imidazole rings is 1. The summed E-state index contributed by atoms with van der Waals surface area (Å²) in [7, 11) is -3.72. The van der Waals surface area contributed by atoms with Gasteiger partial charge in [-0.1, -0.05) is 30.3 Å². The monoisotopic (exact) mass is 273 g/mol. The maximum atomic E-state index is 12.6. The van der Waals surface area contributed by atoms with Crippen LogP contribution in [0.25, 0.3) is 11.0 Å². The Morgan fingerprint density at radius 3 is 2.32 bits per heavy atom. The molecule has 0 aliphatic rings. The van der Waals surface area contributed by atoms with E-state index >= 15 is 0 Å². The zero-order chi connectivity index (χ0) is 13.5. The molecule has 5 nitrogen and oxygen atoms in total. The SMILES string of the molecule is Nc1nc2ccccc2n1S(=O)(=O)c1ccccc1. The van der Waals surface area contributed by atoms with E-state index < -0.39 is 10.0 Å². The van der Waals surface area contributed by atoms with Crippen LogP contribution < -0.4 is 5.73 Å². The number of fused-ring (bicyclic) bond motifs is 1. The minimum atomic E-state index is -3.72. The number of benzene rings is 2. The Bertz CT molecular complexity index is 839. The normalized spacial score (nSPS) is 11.8. The van der Waals surface area contributed by atoms with Crippen molar-refractivity contribution < 1.29 is 8.42 Å². The molecule has 0 spiro atoms. The van der Waals surface area contributed by atoms with E-state index in [-0.39, 0.29) is 10.8 Å². The Morgan fingerprint density at radius 1 is 0.947 bits per heavy atom. The van der Waals surface area contributed by atoms with Crippen LogP contribution in [0.2, 0.25) is 0 Å². The molecule has 96 valence electrons. The maximum absolute atomic E-state index is 12.6. The summed E-state index contributed by atoms with van der Waals surface area (Å²) in [5.41, 5.74) is 6.78. The van der Waals surface area contributed by atoms with Crippen molar-refractivity contribution in [3.8, 4) is 0 Å². The number of anilines is 1. The zero-order valence-electron chi connectivity index (χ0n) is 9.89. The van der Waals surface area contributed by atoms with Crippen molar-refractivity contribution in [1.29, 1.82) is 0 Å². The highest BCUT2D eigenvalue weighted by molar-refractivity contribution is 7.90. The molecule has 0 fully saturated rings. The molecule has 0 amide bonds. The van der Waals surface area contributed by atoms with Gasteiger partial charge in [0.2, 0.25) is 5.95 Å². The Balaban J connectivity index is 2.34. The van der Waals surface area contributed by atoms with E-state index in [1.165, 1.54) is 12.1 Å². The first kappa shape index (κ1) is 11.7. The van der Waals surface area contributed by atoms with Gasteiger partial charge in [0.15, 0.2) is 0 Å². The largest absolute Gasteiger partial charge is 0.368 e. The first-order chi connectivity index (χ1) is 9.10. The van der Waals surface area contributed by atoms with Gasteiger partial charge < -0.3 is 5.73 Å². The Hall–Kier alpha value is -2.34. The minimum absolute atomic E-state index is 0.0370. The van der Waals surface area contributed by atoms with Gasteiger partial charge in [-0.3, -0.25) is 0 Å². The third kappa shape index (κ3) is 1.77. The number of hydrogen-bond acceptors (Lipinski definition) is 4. The molecule has 0 unspecified atom stereocenters. The average molecular weight is 273 g/mol. The molecule has 3 aromatic rings. The number of rotatable bonds is 2. The van der Waals surface area contributed by atoms with Crippen LogP contribution in [-0.4, -0.2) is 17.4 Å². The summed E-state index contributed by atoms with van der Waals surface area (Å²) in [6.07, 6.45) is 0. The van der Waals surface area contributed by atoms with Gasteiger partial charge in [0.25, 0.3) is 10.0 Å².